The summed E-state index contributed by atoms with van der Waals surface area (Å²) >= 11 is 0. The summed E-state index contributed by atoms with van der Waals surface area (Å²) in [5, 5.41) is 12.0. The minimum atomic E-state index is -3.36. The molecule has 0 aliphatic carbocycles. The number of carboxylic acids is 1. The van der Waals surface area contributed by atoms with E-state index < -0.39 is 27.8 Å². The van der Waals surface area contributed by atoms with E-state index in [1.54, 1.807) is 19.1 Å². The zero-order valence-electron chi connectivity index (χ0n) is 14.8. The number of aryl methyl sites for hydroxylation is 1. The van der Waals surface area contributed by atoms with Crippen LogP contribution in [0.5, 0.6) is 0 Å². The van der Waals surface area contributed by atoms with Crippen LogP contribution in [0.4, 0.5) is 0 Å². The van der Waals surface area contributed by atoms with Crippen LogP contribution in [0.15, 0.2) is 47.4 Å². The van der Waals surface area contributed by atoms with Crippen molar-refractivity contribution in [3.63, 3.8) is 0 Å². The van der Waals surface area contributed by atoms with Gasteiger partial charge in [0.15, 0.2) is 15.9 Å². The maximum absolute atomic E-state index is 12.4. The summed E-state index contributed by atoms with van der Waals surface area (Å²) < 4.78 is 23.7. The van der Waals surface area contributed by atoms with E-state index in [0.29, 0.717) is 5.56 Å². The largest absolute Gasteiger partial charge is 0.479 e. The van der Waals surface area contributed by atoms with Gasteiger partial charge >= 0.3 is 5.97 Å². The molecule has 0 fully saturated rings. The average Bonchev–Trinajstić information content (AvgIpc) is 2.62. The molecule has 0 heterocycles. The number of amides is 1. The molecule has 1 atom stereocenters. The van der Waals surface area contributed by atoms with Crippen molar-refractivity contribution in [2.45, 2.75) is 31.7 Å². The van der Waals surface area contributed by atoms with Crippen LogP contribution >= 0.6 is 0 Å². The van der Waals surface area contributed by atoms with Crippen molar-refractivity contribution < 1.29 is 23.1 Å². The Hall–Kier alpha value is -2.67. The minimum Gasteiger partial charge on any atom is -0.479 e. The van der Waals surface area contributed by atoms with Crippen molar-refractivity contribution in [3.05, 3.63) is 64.7 Å². The van der Waals surface area contributed by atoms with Crippen LogP contribution < -0.4 is 5.32 Å². The van der Waals surface area contributed by atoms with Crippen LogP contribution in [0.1, 0.15) is 40.0 Å². The van der Waals surface area contributed by atoms with Crippen molar-refractivity contribution in [3.8, 4) is 0 Å². The Morgan fingerprint density at radius 1 is 1.08 bits per heavy atom. The smallest absolute Gasteiger partial charge is 0.330 e. The molecule has 0 radical (unpaired) electrons. The van der Waals surface area contributed by atoms with Crippen molar-refractivity contribution in [1.29, 1.82) is 0 Å². The first-order valence-electron chi connectivity index (χ1n) is 8.10. The molecule has 138 valence electrons. The summed E-state index contributed by atoms with van der Waals surface area (Å²) in [4.78, 5) is 24.2. The van der Waals surface area contributed by atoms with Crippen LogP contribution in [0, 0.1) is 13.8 Å². The third kappa shape index (κ3) is 4.11. The average molecular weight is 375 g/mol. The fourth-order valence-corrected chi connectivity index (χ4v) is 3.44. The summed E-state index contributed by atoms with van der Waals surface area (Å²) in [5.74, 6) is -1.79. The number of hydrogen-bond donors (Lipinski definition) is 2. The summed E-state index contributed by atoms with van der Waals surface area (Å²) in [7, 11) is -3.36. The Morgan fingerprint density at radius 2 is 1.69 bits per heavy atom. The molecule has 26 heavy (non-hydrogen) atoms. The predicted molar refractivity (Wildman–Crippen MR) is 97.9 cm³/mol. The zero-order chi connectivity index (χ0) is 19.5. The lowest BCUT2D eigenvalue weighted by Gasteiger charge is -2.18. The second kappa shape index (κ2) is 7.70. The summed E-state index contributed by atoms with van der Waals surface area (Å²) in [6.07, 6.45) is 0. The third-order valence-corrected chi connectivity index (χ3v) is 6.09. The first-order valence-corrected chi connectivity index (χ1v) is 9.75. The van der Waals surface area contributed by atoms with Gasteiger partial charge in [-0.25, -0.2) is 13.2 Å². The van der Waals surface area contributed by atoms with E-state index in [1.165, 1.54) is 31.2 Å². The first-order chi connectivity index (χ1) is 12.2. The van der Waals surface area contributed by atoms with Gasteiger partial charge in [-0.05, 0) is 54.8 Å². The fourth-order valence-electron chi connectivity index (χ4n) is 2.55. The Labute approximate surface area is 152 Å². The van der Waals surface area contributed by atoms with E-state index >= 15 is 0 Å². The molecule has 0 saturated carbocycles. The second-order valence-corrected chi connectivity index (χ2v) is 8.24. The molecule has 0 saturated heterocycles. The number of benzene rings is 2. The van der Waals surface area contributed by atoms with Gasteiger partial charge in [-0.1, -0.05) is 25.1 Å². The highest BCUT2D eigenvalue weighted by molar-refractivity contribution is 7.91. The Balaban J connectivity index is 2.29. The summed E-state index contributed by atoms with van der Waals surface area (Å²) in [6.45, 7) is 5.21. The maximum Gasteiger partial charge on any atom is 0.330 e. The number of sulfone groups is 1. The van der Waals surface area contributed by atoms with Crippen LogP contribution in [-0.2, 0) is 14.6 Å². The lowest BCUT2D eigenvalue weighted by atomic mass is 9.97. The molecule has 1 amide bonds. The minimum absolute atomic E-state index is 0.0354. The Kier molecular flexibility index (Phi) is 5.82. The second-order valence-electron chi connectivity index (χ2n) is 5.96. The van der Waals surface area contributed by atoms with E-state index in [4.69, 9.17) is 0 Å². The molecule has 0 aromatic heterocycles. The summed E-state index contributed by atoms with van der Waals surface area (Å²) in [6, 6.07) is 9.53. The molecule has 7 heteroatoms. The zero-order valence-corrected chi connectivity index (χ0v) is 15.6. The SMILES string of the molecule is CCS(=O)(=O)c1ccc(C(=O)NC(C(=O)O)c2cccc(C)c2C)cc1. The molecule has 0 aliphatic heterocycles. The number of carbonyl (C=O) groups excluding carboxylic acids is 1. The number of hydrogen-bond acceptors (Lipinski definition) is 4. The highest BCUT2D eigenvalue weighted by atomic mass is 32.2. The monoisotopic (exact) mass is 375 g/mol. The van der Waals surface area contributed by atoms with Gasteiger partial charge in [0.05, 0.1) is 10.6 Å². The van der Waals surface area contributed by atoms with Gasteiger partial charge < -0.3 is 10.4 Å². The standard InChI is InChI=1S/C19H21NO5S/c1-4-26(24,25)15-10-8-14(9-11-15)18(21)20-17(19(22)23)16-7-5-6-12(2)13(16)3/h5-11,17H,4H2,1-3H3,(H,20,21)(H,22,23). The molecule has 2 rings (SSSR count). The van der Waals surface area contributed by atoms with Crippen molar-refractivity contribution in [1.82, 2.24) is 5.32 Å². The number of carboxylic acid groups (broad SMARTS) is 1. The lowest BCUT2D eigenvalue weighted by molar-refractivity contribution is -0.139. The van der Waals surface area contributed by atoms with E-state index in [0.717, 1.165) is 11.1 Å². The quantitative estimate of drug-likeness (QED) is 0.808. The first kappa shape index (κ1) is 19.7. The molecule has 0 aliphatic rings. The van der Waals surface area contributed by atoms with Crippen molar-refractivity contribution in [2.24, 2.45) is 0 Å². The van der Waals surface area contributed by atoms with Crippen molar-refractivity contribution >= 4 is 21.7 Å². The molecule has 1 unspecified atom stereocenters. The topological polar surface area (TPSA) is 101 Å². The molecule has 2 N–H and O–H groups in total. The van der Waals surface area contributed by atoms with Gasteiger partial charge in [-0.2, -0.15) is 0 Å². The lowest BCUT2D eigenvalue weighted by Crippen LogP contribution is -2.34. The molecule has 6 nitrogen and oxygen atoms in total. The molecular formula is C19H21NO5S. The van der Waals surface area contributed by atoms with Gasteiger partial charge in [-0.3, -0.25) is 4.79 Å². The fraction of sp³-hybridized carbons (Fsp3) is 0.263. The van der Waals surface area contributed by atoms with Gasteiger partial charge in [0.25, 0.3) is 5.91 Å². The highest BCUT2D eigenvalue weighted by Gasteiger charge is 2.25. The van der Waals surface area contributed by atoms with Gasteiger partial charge in [-0.15, -0.1) is 0 Å². The van der Waals surface area contributed by atoms with Crippen LogP contribution in [-0.4, -0.2) is 31.2 Å². The molecule has 2 aromatic rings. The predicted octanol–water partition coefficient (Wildman–Crippen LogP) is 2.65. The third-order valence-electron chi connectivity index (χ3n) is 4.34. The molecule has 0 spiro atoms. The van der Waals surface area contributed by atoms with Gasteiger partial charge in [0.1, 0.15) is 0 Å². The van der Waals surface area contributed by atoms with E-state index in [-0.39, 0.29) is 16.2 Å². The number of rotatable bonds is 6. The molecule has 0 bridgehead atoms. The van der Waals surface area contributed by atoms with E-state index in [1.807, 2.05) is 13.0 Å². The normalized spacial score (nSPS) is 12.4. The van der Waals surface area contributed by atoms with Gasteiger partial charge in [0.2, 0.25) is 0 Å². The maximum atomic E-state index is 12.4. The van der Waals surface area contributed by atoms with E-state index in [9.17, 15) is 23.1 Å². The van der Waals surface area contributed by atoms with Crippen LogP contribution in [0.25, 0.3) is 0 Å². The number of aliphatic carboxylic acids is 1. The van der Waals surface area contributed by atoms with Crippen molar-refractivity contribution in [2.75, 3.05) is 5.75 Å². The number of carbonyl (C=O) groups is 2. The Bertz CT molecular complexity index is 933. The van der Waals surface area contributed by atoms with Crippen LogP contribution in [0.2, 0.25) is 0 Å². The Morgan fingerprint density at radius 3 is 2.23 bits per heavy atom. The highest BCUT2D eigenvalue weighted by Crippen LogP contribution is 2.21. The van der Waals surface area contributed by atoms with Crippen LogP contribution in [0.3, 0.4) is 0 Å². The summed E-state index contributed by atoms with van der Waals surface area (Å²) in [5.41, 5.74) is 2.43. The van der Waals surface area contributed by atoms with E-state index in [2.05, 4.69) is 5.32 Å². The molecular weight excluding hydrogens is 354 g/mol. The van der Waals surface area contributed by atoms with Gasteiger partial charge in [0, 0.05) is 5.56 Å². The number of nitrogens with one attached hydrogen (secondary N) is 1. The molecule has 2 aromatic carbocycles.